The van der Waals surface area contributed by atoms with E-state index in [-0.39, 0.29) is 5.89 Å². The summed E-state index contributed by atoms with van der Waals surface area (Å²) in [6.07, 6.45) is 1.44. The molecule has 0 aliphatic carbocycles. The van der Waals surface area contributed by atoms with Gasteiger partial charge in [0.2, 0.25) is 5.91 Å². The molecule has 0 radical (unpaired) electrons. The minimum absolute atomic E-state index is 0.0196. The molecular formula is C15H12ClN3O4. The van der Waals surface area contributed by atoms with E-state index in [9.17, 15) is 9.59 Å². The fraction of sp³-hybridized carbons (Fsp3) is 0.133. The first-order valence-corrected chi connectivity index (χ1v) is 7.12. The van der Waals surface area contributed by atoms with Crippen LogP contribution in [0.3, 0.4) is 0 Å². The molecule has 0 aliphatic heterocycles. The first-order valence-electron chi connectivity index (χ1n) is 6.74. The second-order valence-electron chi connectivity index (χ2n) is 4.77. The Hall–Kier alpha value is -2.80. The molecule has 3 aromatic rings. The number of benzene rings is 1. The van der Waals surface area contributed by atoms with Gasteiger partial charge >= 0.3 is 5.76 Å². The minimum Gasteiger partial charge on any atom is -0.459 e. The normalized spacial score (nSPS) is 12.1. The van der Waals surface area contributed by atoms with E-state index < -0.39 is 17.7 Å². The number of carbonyl (C=O) groups is 1. The molecule has 1 aromatic carbocycles. The molecule has 118 valence electrons. The summed E-state index contributed by atoms with van der Waals surface area (Å²) in [5.74, 6) is -0.818. The van der Waals surface area contributed by atoms with Crippen molar-refractivity contribution in [2.24, 2.45) is 0 Å². The molecule has 0 fully saturated rings. The van der Waals surface area contributed by atoms with Crippen molar-refractivity contribution in [3.63, 3.8) is 0 Å². The van der Waals surface area contributed by atoms with Gasteiger partial charge in [-0.15, -0.1) is 5.10 Å². The Morgan fingerprint density at radius 3 is 2.70 bits per heavy atom. The topological polar surface area (TPSA) is 90.3 Å². The van der Waals surface area contributed by atoms with Gasteiger partial charge in [0.15, 0.2) is 5.76 Å². The van der Waals surface area contributed by atoms with Crippen molar-refractivity contribution in [3.05, 3.63) is 58.2 Å². The third kappa shape index (κ3) is 3.19. The largest absolute Gasteiger partial charge is 0.459 e. The van der Waals surface area contributed by atoms with Crippen LogP contribution >= 0.6 is 11.6 Å². The van der Waals surface area contributed by atoms with Crippen LogP contribution < -0.4 is 11.1 Å². The van der Waals surface area contributed by atoms with Gasteiger partial charge in [-0.05, 0) is 43.3 Å². The van der Waals surface area contributed by atoms with E-state index in [1.165, 1.54) is 6.26 Å². The van der Waals surface area contributed by atoms with Gasteiger partial charge in [0.05, 0.1) is 6.26 Å². The number of anilines is 1. The number of amides is 1. The summed E-state index contributed by atoms with van der Waals surface area (Å²) in [7, 11) is 0. The molecule has 2 heterocycles. The van der Waals surface area contributed by atoms with Gasteiger partial charge in [0, 0.05) is 10.7 Å². The summed E-state index contributed by atoms with van der Waals surface area (Å²) < 4.78 is 11.1. The monoisotopic (exact) mass is 333 g/mol. The van der Waals surface area contributed by atoms with Crippen molar-refractivity contribution in [1.29, 1.82) is 0 Å². The lowest BCUT2D eigenvalue weighted by Gasteiger charge is -2.10. The molecule has 0 unspecified atom stereocenters. The maximum absolute atomic E-state index is 12.2. The molecule has 0 saturated heterocycles. The van der Waals surface area contributed by atoms with Crippen LogP contribution in [0.2, 0.25) is 5.02 Å². The fourth-order valence-electron chi connectivity index (χ4n) is 1.92. The highest BCUT2D eigenvalue weighted by Gasteiger charge is 2.22. The molecule has 2 aromatic heterocycles. The highest BCUT2D eigenvalue weighted by Crippen LogP contribution is 2.18. The summed E-state index contributed by atoms with van der Waals surface area (Å²) in [6.45, 7) is 1.54. The molecule has 1 atom stereocenters. The lowest BCUT2D eigenvalue weighted by Crippen LogP contribution is -2.30. The van der Waals surface area contributed by atoms with E-state index in [0.717, 1.165) is 4.68 Å². The van der Waals surface area contributed by atoms with Crippen molar-refractivity contribution in [2.45, 2.75) is 13.0 Å². The van der Waals surface area contributed by atoms with Crippen molar-refractivity contribution < 1.29 is 13.6 Å². The zero-order valence-electron chi connectivity index (χ0n) is 12.0. The van der Waals surface area contributed by atoms with Crippen molar-refractivity contribution >= 4 is 23.2 Å². The van der Waals surface area contributed by atoms with E-state index in [1.54, 1.807) is 43.3 Å². The lowest BCUT2D eigenvalue weighted by molar-refractivity contribution is -0.119. The van der Waals surface area contributed by atoms with Gasteiger partial charge in [-0.2, -0.15) is 4.68 Å². The molecule has 0 spiro atoms. The molecule has 0 bridgehead atoms. The van der Waals surface area contributed by atoms with E-state index in [4.69, 9.17) is 20.4 Å². The molecule has 1 amide bonds. The smallest absolute Gasteiger partial charge is 0.438 e. The van der Waals surface area contributed by atoms with Gasteiger partial charge in [-0.1, -0.05) is 11.6 Å². The van der Waals surface area contributed by atoms with Crippen molar-refractivity contribution in [3.8, 4) is 11.7 Å². The van der Waals surface area contributed by atoms with Gasteiger partial charge in [-0.3, -0.25) is 4.79 Å². The number of halogens is 1. The van der Waals surface area contributed by atoms with Gasteiger partial charge in [-0.25, -0.2) is 4.79 Å². The maximum Gasteiger partial charge on any atom is 0.438 e. The van der Waals surface area contributed by atoms with Crippen LogP contribution in [0.15, 0.2) is 56.3 Å². The Morgan fingerprint density at radius 2 is 2.04 bits per heavy atom. The van der Waals surface area contributed by atoms with Crippen LogP contribution in [0.4, 0.5) is 5.69 Å². The highest BCUT2D eigenvalue weighted by atomic mass is 35.5. The Labute approximate surface area is 135 Å². The zero-order chi connectivity index (χ0) is 16.4. The maximum atomic E-state index is 12.2. The Morgan fingerprint density at radius 1 is 1.30 bits per heavy atom. The summed E-state index contributed by atoms with van der Waals surface area (Å²) >= 11 is 5.79. The van der Waals surface area contributed by atoms with E-state index in [0.29, 0.717) is 16.5 Å². The number of hydrogen-bond acceptors (Lipinski definition) is 5. The van der Waals surface area contributed by atoms with Gasteiger partial charge < -0.3 is 14.2 Å². The van der Waals surface area contributed by atoms with Gasteiger partial charge in [0.1, 0.15) is 6.04 Å². The number of furan rings is 1. The molecule has 8 heteroatoms. The van der Waals surface area contributed by atoms with E-state index >= 15 is 0 Å². The van der Waals surface area contributed by atoms with Crippen molar-refractivity contribution in [1.82, 2.24) is 9.78 Å². The first kappa shape index (κ1) is 15.1. The molecule has 23 heavy (non-hydrogen) atoms. The second kappa shape index (κ2) is 6.13. The predicted molar refractivity (Wildman–Crippen MR) is 83.3 cm³/mol. The average molecular weight is 334 g/mol. The molecule has 0 saturated carbocycles. The van der Waals surface area contributed by atoms with Crippen LogP contribution in [0.25, 0.3) is 11.7 Å². The molecule has 1 N–H and O–H groups in total. The third-order valence-electron chi connectivity index (χ3n) is 3.16. The molecule has 7 nitrogen and oxygen atoms in total. The Balaban J connectivity index is 1.79. The Kier molecular flexibility index (Phi) is 4.03. The number of carbonyl (C=O) groups excluding carboxylic acids is 1. The fourth-order valence-corrected chi connectivity index (χ4v) is 2.05. The van der Waals surface area contributed by atoms with E-state index in [1.807, 2.05) is 0 Å². The number of hydrogen-bond donors (Lipinski definition) is 1. The highest BCUT2D eigenvalue weighted by molar-refractivity contribution is 6.30. The summed E-state index contributed by atoms with van der Waals surface area (Å²) in [5.41, 5.74) is 0.564. The number of aromatic nitrogens is 2. The van der Waals surface area contributed by atoms with Crippen LogP contribution in [0.5, 0.6) is 0 Å². The lowest BCUT2D eigenvalue weighted by atomic mass is 10.3. The molecule has 3 rings (SSSR count). The summed E-state index contributed by atoms with van der Waals surface area (Å²) in [5, 5.41) is 7.23. The minimum atomic E-state index is -0.856. The first-order chi connectivity index (χ1) is 11.0. The standard InChI is InChI=1S/C15H12ClN3O4/c1-9(13(20)17-11-6-4-10(16)5-7-11)19-15(21)23-14(18-19)12-3-2-8-22-12/h2-9H,1H3,(H,17,20)/t9-/m1/s1. The third-order valence-corrected chi connectivity index (χ3v) is 3.41. The van der Waals surface area contributed by atoms with E-state index in [2.05, 4.69) is 10.4 Å². The van der Waals surface area contributed by atoms with Crippen LogP contribution in [0.1, 0.15) is 13.0 Å². The summed E-state index contributed by atoms with van der Waals surface area (Å²) in [4.78, 5) is 24.1. The van der Waals surface area contributed by atoms with Crippen LogP contribution in [-0.4, -0.2) is 15.7 Å². The van der Waals surface area contributed by atoms with Crippen molar-refractivity contribution in [2.75, 3.05) is 5.32 Å². The van der Waals surface area contributed by atoms with Gasteiger partial charge in [0.25, 0.3) is 5.89 Å². The SMILES string of the molecule is C[C@H](C(=O)Nc1ccc(Cl)cc1)n1nc(-c2ccco2)oc1=O. The number of nitrogens with zero attached hydrogens (tertiary/aromatic N) is 2. The van der Waals surface area contributed by atoms with Crippen LogP contribution in [-0.2, 0) is 4.79 Å². The quantitative estimate of drug-likeness (QED) is 0.792. The number of nitrogens with one attached hydrogen (secondary N) is 1. The number of rotatable bonds is 4. The average Bonchev–Trinajstić information content (AvgIpc) is 3.18. The van der Waals surface area contributed by atoms with Crippen LogP contribution in [0, 0.1) is 0 Å². The Bertz CT molecular complexity index is 865. The predicted octanol–water partition coefficient (Wildman–Crippen LogP) is 2.95. The second-order valence-corrected chi connectivity index (χ2v) is 5.20. The molecular weight excluding hydrogens is 322 g/mol. The zero-order valence-corrected chi connectivity index (χ0v) is 12.8. The summed E-state index contributed by atoms with van der Waals surface area (Å²) in [6, 6.07) is 9.02. The molecule has 0 aliphatic rings.